The van der Waals surface area contributed by atoms with Gasteiger partial charge in [0.25, 0.3) is 0 Å². The molecule has 0 atom stereocenters. The Balaban J connectivity index is 2.05. The molecule has 28 heavy (non-hydrogen) atoms. The molecule has 0 amide bonds. The van der Waals surface area contributed by atoms with Crippen LogP contribution in [0.5, 0.6) is 5.75 Å². The molecule has 142 valence electrons. The number of aryl methyl sites for hydroxylation is 1. The number of nitrogens with two attached hydrogens (primary N) is 3. The predicted octanol–water partition coefficient (Wildman–Crippen LogP) is 1.25. The molecule has 0 aliphatic carbocycles. The summed E-state index contributed by atoms with van der Waals surface area (Å²) >= 11 is 0. The van der Waals surface area contributed by atoms with E-state index >= 15 is 0 Å². The van der Waals surface area contributed by atoms with Crippen LogP contribution in [-0.2, 0) is 0 Å². The molecule has 0 spiro atoms. The van der Waals surface area contributed by atoms with E-state index in [9.17, 15) is 0 Å². The molecule has 0 saturated heterocycles. The second-order valence-corrected chi connectivity index (χ2v) is 6.29. The smallest absolute Gasteiger partial charge is 0.221 e. The number of imidazole rings is 1. The molecular weight excluding hydrogens is 356 g/mol. The summed E-state index contributed by atoms with van der Waals surface area (Å²) in [5.41, 5.74) is 11.1. The monoisotopic (exact) mass is 376 g/mol. The lowest BCUT2D eigenvalue weighted by Crippen LogP contribution is -2.34. The van der Waals surface area contributed by atoms with Crippen molar-refractivity contribution in [3.8, 4) is 28.1 Å². The third kappa shape index (κ3) is 2.69. The molecule has 0 radical (unpaired) electrons. The van der Waals surface area contributed by atoms with Gasteiger partial charge in [-0.2, -0.15) is 5.10 Å². The third-order valence-electron chi connectivity index (χ3n) is 4.63. The standard InChI is InChI=1S/C19H20N8O/c1-11-9-23-15-8-5-13(10-26(11)15)16-17(12-3-6-14(28-2)7-4-12)24-19(20)27(22)18(16)25-21/h3-10H,21-22H2,1-2H3,(H2,20,24)/b25-18-. The molecule has 3 aromatic heterocycles. The first-order valence-corrected chi connectivity index (χ1v) is 8.53. The van der Waals surface area contributed by atoms with Gasteiger partial charge in [-0.3, -0.25) is 0 Å². The average Bonchev–Trinajstić information content (AvgIpc) is 3.10. The fourth-order valence-corrected chi connectivity index (χ4v) is 3.16. The summed E-state index contributed by atoms with van der Waals surface area (Å²) in [6.07, 6.45) is 3.76. The van der Waals surface area contributed by atoms with Gasteiger partial charge in [-0.05, 0) is 43.3 Å². The van der Waals surface area contributed by atoms with E-state index in [-0.39, 0.29) is 5.95 Å². The number of fused-ring (bicyclic) bond motifs is 1. The number of benzene rings is 1. The van der Waals surface area contributed by atoms with Crippen molar-refractivity contribution in [1.29, 1.82) is 0 Å². The molecule has 0 bridgehead atoms. The van der Waals surface area contributed by atoms with E-state index in [2.05, 4.69) is 15.1 Å². The number of methoxy groups -OCH3 is 1. The summed E-state index contributed by atoms with van der Waals surface area (Å²) < 4.78 is 8.39. The normalized spacial score (nSPS) is 11.9. The van der Waals surface area contributed by atoms with Gasteiger partial charge < -0.3 is 26.6 Å². The zero-order valence-electron chi connectivity index (χ0n) is 15.5. The van der Waals surface area contributed by atoms with Crippen molar-refractivity contribution < 1.29 is 4.74 Å². The van der Waals surface area contributed by atoms with Gasteiger partial charge in [0, 0.05) is 29.2 Å². The zero-order valence-corrected chi connectivity index (χ0v) is 15.5. The Hall–Kier alpha value is -4.01. The van der Waals surface area contributed by atoms with Crippen molar-refractivity contribution in [3.63, 3.8) is 0 Å². The first-order chi connectivity index (χ1) is 13.5. The van der Waals surface area contributed by atoms with E-state index in [1.165, 1.54) is 4.68 Å². The molecule has 9 heteroatoms. The fraction of sp³-hybridized carbons (Fsp3) is 0.105. The number of rotatable bonds is 3. The maximum absolute atomic E-state index is 6.06. The van der Waals surface area contributed by atoms with Crippen molar-refractivity contribution >= 4 is 11.6 Å². The van der Waals surface area contributed by atoms with Crippen molar-refractivity contribution in [2.45, 2.75) is 6.92 Å². The van der Waals surface area contributed by atoms with E-state index in [1.54, 1.807) is 7.11 Å². The predicted molar refractivity (Wildman–Crippen MR) is 107 cm³/mol. The SMILES string of the molecule is COc1ccc(-c2nc(N)n(N)/c(=N\N)c2-c2ccc3ncc(C)n3c2)cc1. The van der Waals surface area contributed by atoms with Gasteiger partial charge in [0.05, 0.1) is 18.4 Å². The molecule has 4 aromatic rings. The Morgan fingerprint density at radius 3 is 2.46 bits per heavy atom. The lowest BCUT2D eigenvalue weighted by Gasteiger charge is -2.15. The molecule has 0 aliphatic rings. The van der Waals surface area contributed by atoms with Gasteiger partial charge in [-0.15, -0.1) is 0 Å². The number of nitrogen functional groups attached to an aromatic ring is 2. The van der Waals surface area contributed by atoms with Crippen LogP contribution >= 0.6 is 0 Å². The number of aromatic nitrogens is 4. The van der Waals surface area contributed by atoms with Crippen LogP contribution in [0.2, 0.25) is 0 Å². The first-order valence-electron chi connectivity index (χ1n) is 8.53. The average molecular weight is 376 g/mol. The summed E-state index contributed by atoms with van der Waals surface area (Å²) in [5, 5.41) is 3.89. The Bertz CT molecular complexity index is 1240. The summed E-state index contributed by atoms with van der Waals surface area (Å²) in [5.74, 6) is 12.6. The van der Waals surface area contributed by atoms with Crippen LogP contribution in [0.1, 0.15) is 5.69 Å². The van der Waals surface area contributed by atoms with Crippen LogP contribution < -0.4 is 27.6 Å². The maximum Gasteiger partial charge on any atom is 0.221 e. The Morgan fingerprint density at radius 2 is 1.79 bits per heavy atom. The van der Waals surface area contributed by atoms with Gasteiger partial charge in [0.1, 0.15) is 11.4 Å². The van der Waals surface area contributed by atoms with Crippen LogP contribution in [0.15, 0.2) is 53.9 Å². The Morgan fingerprint density at radius 1 is 1.07 bits per heavy atom. The van der Waals surface area contributed by atoms with E-state index < -0.39 is 0 Å². The molecule has 6 N–H and O–H groups in total. The van der Waals surface area contributed by atoms with Gasteiger partial charge in [-0.25, -0.2) is 14.6 Å². The van der Waals surface area contributed by atoms with E-state index in [0.29, 0.717) is 16.7 Å². The Labute approximate surface area is 160 Å². The highest BCUT2D eigenvalue weighted by Crippen LogP contribution is 2.30. The summed E-state index contributed by atoms with van der Waals surface area (Å²) in [7, 11) is 1.62. The second kappa shape index (κ2) is 6.62. The number of pyridine rings is 1. The molecule has 0 aliphatic heterocycles. The zero-order chi connectivity index (χ0) is 19.8. The van der Waals surface area contributed by atoms with E-state index in [0.717, 1.165) is 28.2 Å². The van der Waals surface area contributed by atoms with Crippen LogP contribution in [-0.4, -0.2) is 26.2 Å². The molecule has 1 aromatic carbocycles. The number of nitrogens with zero attached hydrogens (tertiary/aromatic N) is 5. The summed E-state index contributed by atoms with van der Waals surface area (Å²) in [4.78, 5) is 8.87. The molecule has 4 rings (SSSR count). The summed E-state index contributed by atoms with van der Waals surface area (Å²) in [6.45, 7) is 1.98. The van der Waals surface area contributed by atoms with Crippen molar-refractivity contribution in [1.82, 2.24) is 19.0 Å². The highest BCUT2D eigenvalue weighted by atomic mass is 16.5. The lowest BCUT2D eigenvalue weighted by atomic mass is 10.0. The van der Waals surface area contributed by atoms with Crippen LogP contribution in [0.4, 0.5) is 5.95 Å². The summed E-state index contributed by atoms with van der Waals surface area (Å²) in [6, 6.07) is 11.3. The fourth-order valence-electron chi connectivity index (χ4n) is 3.16. The van der Waals surface area contributed by atoms with Crippen molar-refractivity contribution in [3.05, 3.63) is 60.0 Å². The molecule has 0 fully saturated rings. The van der Waals surface area contributed by atoms with Crippen LogP contribution in [0, 0.1) is 6.92 Å². The first kappa shape index (κ1) is 17.4. The molecule has 0 saturated carbocycles. The maximum atomic E-state index is 6.06. The van der Waals surface area contributed by atoms with Gasteiger partial charge in [-0.1, -0.05) is 0 Å². The van der Waals surface area contributed by atoms with E-state index in [1.807, 2.05) is 60.1 Å². The highest BCUT2D eigenvalue weighted by Gasteiger charge is 2.17. The topological polar surface area (TPSA) is 135 Å². The van der Waals surface area contributed by atoms with Gasteiger partial charge in [0.2, 0.25) is 5.95 Å². The minimum atomic E-state index is 0.0960. The molecule has 9 nitrogen and oxygen atoms in total. The molecular formula is C19H20N8O. The van der Waals surface area contributed by atoms with Crippen LogP contribution in [0.3, 0.4) is 0 Å². The quantitative estimate of drug-likeness (QED) is 0.364. The molecule has 3 heterocycles. The number of anilines is 1. The number of hydrogen-bond acceptors (Lipinski definition) is 7. The second-order valence-electron chi connectivity index (χ2n) is 6.29. The number of ether oxygens (including phenoxy) is 1. The Kier molecular flexibility index (Phi) is 4.11. The minimum absolute atomic E-state index is 0.0960. The van der Waals surface area contributed by atoms with Crippen molar-refractivity contribution in [2.24, 2.45) is 10.9 Å². The highest BCUT2D eigenvalue weighted by molar-refractivity contribution is 5.81. The largest absolute Gasteiger partial charge is 0.497 e. The van der Waals surface area contributed by atoms with Crippen LogP contribution in [0.25, 0.3) is 28.0 Å². The minimum Gasteiger partial charge on any atom is -0.497 e. The lowest BCUT2D eigenvalue weighted by molar-refractivity contribution is 0.415. The molecule has 0 unspecified atom stereocenters. The third-order valence-corrected chi connectivity index (χ3v) is 4.63. The van der Waals surface area contributed by atoms with Crippen molar-refractivity contribution in [2.75, 3.05) is 18.7 Å². The van der Waals surface area contributed by atoms with Gasteiger partial charge >= 0.3 is 0 Å². The van der Waals surface area contributed by atoms with Gasteiger partial charge in [0.15, 0.2) is 5.49 Å². The number of hydrogen-bond donors (Lipinski definition) is 3. The van der Waals surface area contributed by atoms with E-state index in [4.69, 9.17) is 22.2 Å².